The quantitative estimate of drug-likeness (QED) is 0.184. The van der Waals surface area contributed by atoms with Crippen molar-refractivity contribution in [2.75, 3.05) is 0 Å². The van der Waals surface area contributed by atoms with Crippen molar-refractivity contribution in [1.29, 1.82) is 0 Å². The molecule has 206 valence electrons. The average Bonchev–Trinajstić information content (AvgIpc) is 3.38. The van der Waals surface area contributed by atoms with Gasteiger partial charge in [-0.1, -0.05) is 84.9 Å². The van der Waals surface area contributed by atoms with Crippen LogP contribution >= 0.6 is 59.1 Å². The maximum Gasteiger partial charge on any atom is 0.345 e. The van der Waals surface area contributed by atoms with Gasteiger partial charge in [0.25, 0.3) is 0 Å². The average molecular weight is 761 g/mol. The first kappa shape index (κ1) is 27.6. The highest BCUT2D eigenvalue weighted by molar-refractivity contribution is 9.11. The number of benzene rings is 6. The first-order chi connectivity index (χ1) is 20.4. The van der Waals surface area contributed by atoms with Crippen LogP contribution in [0.5, 0.6) is 5.75 Å². The summed E-state index contributed by atoms with van der Waals surface area (Å²) in [5, 5.41) is 16.9. The fourth-order valence-corrected chi connectivity index (χ4v) is 9.03. The Hall–Kier alpha value is -3.23. The summed E-state index contributed by atoms with van der Waals surface area (Å²) >= 11 is 13.1. The van der Waals surface area contributed by atoms with E-state index in [1.165, 1.54) is 20.2 Å². The van der Waals surface area contributed by atoms with Crippen molar-refractivity contribution in [1.82, 2.24) is 0 Å². The summed E-state index contributed by atoms with van der Waals surface area (Å²) in [5.41, 5.74) is 3.05. The number of fused-ring (bicyclic) bond motifs is 5. The lowest BCUT2D eigenvalue weighted by molar-refractivity contribution is -0.145. The highest BCUT2D eigenvalue weighted by Crippen LogP contribution is 2.50. The number of thiophene rings is 1. The van der Waals surface area contributed by atoms with Crippen molar-refractivity contribution in [3.8, 4) is 16.9 Å². The molecule has 42 heavy (non-hydrogen) atoms. The molecule has 0 radical (unpaired) electrons. The van der Waals surface area contributed by atoms with Crippen LogP contribution in [0.3, 0.4) is 0 Å². The van der Waals surface area contributed by atoms with Crippen LogP contribution in [0.2, 0.25) is 0 Å². The molecule has 7 aromatic rings. The molecule has 0 saturated heterocycles. The predicted molar refractivity (Wildman–Crippen MR) is 185 cm³/mol. The molecule has 1 unspecified atom stereocenters. The Balaban J connectivity index is 1.35. The molecule has 7 heteroatoms. The smallest absolute Gasteiger partial charge is 0.345 e. The Bertz CT molecular complexity index is 2160. The zero-order valence-electron chi connectivity index (χ0n) is 21.9. The third-order valence-electron chi connectivity index (χ3n) is 7.59. The van der Waals surface area contributed by atoms with E-state index in [1.807, 2.05) is 54.6 Å². The Labute approximate surface area is 271 Å². The second-order valence-electron chi connectivity index (χ2n) is 10.1. The fraction of sp³-hybridized carbons (Fsp3) is 0.0571. The zero-order valence-corrected chi connectivity index (χ0v) is 27.5. The summed E-state index contributed by atoms with van der Waals surface area (Å²) in [7, 11) is 0. The van der Waals surface area contributed by atoms with Gasteiger partial charge < -0.3 is 9.84 Å². The Morgan fingerprint density at radius 2 is 1.38 bits per heavy atom. The Kier molecular flexibility index (Phi) is 7.31. The van der Waals surface area contributed by atoms with Gasteiger partial charge in [0.05, 0.1) is 13.6 Å². The third-order valence-corrected chi connectivity index (χ3v) is 11.0. The topological polar surface area (TPSA) is 46.5 Å². The van der Waals surface area contributed by atoms with Gasteiger partial charge in [0.1, 0.15) is 5.75 Å². The lowest BCUT2D eigenvalue weighted by atomic mass is 9.93. The second-order valence-corrected chi connectivity index (χ2v) is 13.6. The molecule has 0 spiro atoms. The van der Waals surface area contributed by atoms with E-state index in [1.54, 1.807) is 11.3 Å². The van der Waals surface area contributed by atoms with E-state index in [9.17, 15) is 9.90 Å². The molecule has 0 aliphatic carbocycles. The van der Waals surface area contributed by atoms with Gasteiger partial charge in [-0.25, -0.2) is 4.79 Å². The number of aliphatic carboxylic acids is 1. The van der Waals surface area contributed by atoms with Crippen molar-refractivity contribution in [2.45, 2.75) is 12.5 Å². The minimum atomic E-state index is -1.07. The lowest BCUT2D eigenvalue weighted by Gasteiger charge is -2.20. The minimum absolute atomic E-state index is 0.232. The van der Waals surface area contributed by atoms with Crippen molar-refractivity contribution >= 4 is 107 Å². The Morgan fingerprint density at radius 1 is 0.762 bits per heavy atom. The summed E-state index contributed by atoms with van der Waals surface area (Å²) in [5.74, 6) is -0.560. The van der Waals surface area contributed by atoms with Crippen LogP contribution in [0.25, 0.3) is 52.8 Å². The molecule has 6 aromatic carbocycles. The highest BCUT2D eigenvalue weighted by atomic mass is 79.9. The number of halogens is 3. The third kappa shape index (κ3) is 4.73. The molecule has 1 atom stereocenters. The first-order valence-electron chi connectivity index (χ1n) is 13.3. The number of carbonyl (C=O) groups is 1. The second kappa shape index (κ2) is 11.1. The Morgan fingerprint density at radius 3 is 2.12 bits per heavy atom. The predicted octanol–water partition coefficient (Wildman–Crippen LogP) is 11.4. The molecular weight excluding hydrogens is 740 g/mol. The summed E-state index contributed by atoms with van der Waals surface area (Å²) in [6.45, 7) is 0. The van der Waals surface area contributed by atoms with Gasteiger partial charge in [-0.15, -0.1) is 11.3 Å². The van der Waals surface area contributed by atoms with Gasteiger partial charge in [-0.3, -0.25) is 0 Å². The first-order valence-corrected chi connectivity index (χ1v) is 16.5. The summed E-state index contributed by atoms with van der Waals surface area (Å²) in [6.07, 6.45) is -0.841. The van der Waals surface area contributed by atoms with Crippen molar-refractivity contribution in [3.63, 3.8) is 0 Å². The van der Waals surface area contributed by atoms with Crippen LogP contribution in [0, 0.1) is 0 Å². The van der Waals surface area contributed by atoms with Crippen molar-refractivity contribution in [2.24, 2.45) is 0 Å². The fourth-order valence-electron chi connectivity index (χ4n) is 5.71. The molecule has 0 bridgehead atoms. The summed E-state index contributed by atoms with van der Waals surface area (Å²) in [4.78, 5) is 12.4. The molecule has 7 rings (SSSR count). The molecule has 1 heterocycles. The normalized spacial score (nSPS) is 12.4. The molecular formula is C35H21Br3O3S. The van der Waals surface area contributed by atoms with E-state index >= 15 is 0 Å². The van der Waals surface area contributed by atoms with Crippen LogP contribution < -0.4 is 4.74 Å². The minimum Gasteiger partial charge on any atom is -0.478 e. The van der Waals surface area contributed by atoms with E-state index in [4.69, 9.17) is 4.74 Å². The number of hydrogen-bond donors (Lipinski definition) is 1. The SMILES string of the molecule is O=C(O)C(Cc1cccc2ccccc12)Oc1c(Br)cc(-c2c3ccccc3c(Br)c3sc4ccccc4c23)cc1Br. The van der Waals surface area contributed by atoms with Gasteiger partial charge >= 0.3 is 5.97 Å². The number of ether oxygens (including phenoxy) is 1. The van der Waals surface area contributed by atoms with Crippen LogP contribution in [-0.2, 0) is 11.2 Å². The van der Waals surface area contributed by atoms with E-state index in [2.05, 4.69) is 96.3 Å². The van der Waals surface area contributed by atoms with Crippen molar-refractivity contribution < 1.29 is 14.6 Å². The molecule has 0 saturated carbocycles. The van der Waals surface area contributed by atoms with Gasteiger partial charge in [0.15, 0.2) is 6.10 Å². The zero-order chi connectivity index (χ0) is 29.0. The number of hydrogen-bond acceptors (Lipinski definition) is 3. The number of rotatable bonds is 6. The van der Waals surface area contributed by atoms with Crippen LogP contribution in [0.4, 0.5) is 0 Å². The maximum atomic E-state index is 12.4. The monoisotopic (exact) mass is 758 g/mol. The molecule has 0 aliphatic rings. The lowest BCUT2D eigenvalue weighted by Crippen LogP contribution is -2.29. The summed E-state index contributed by atoms with van der Waals surface area (Å²) < 4.78 is 11.1. The largest absolute Gasteiger partial charge is 0.478 e. The van der Waals surface area contributed by atoms with Crippen LogP contribution in [0.1, 0.15) is 5.56 Å². The molecule has 0 amide bonds. The van der Waals surface area contributed by atoms with E-state index in [0.29, 0.717) is 14.7 Å². The molecule has 0 aliphatic heterocycles. The molecule has 1 N–H and O–H groups in total. The van der Waals surface area contributed by atoms with Crippen molar-refractivity contribution in [3.05, 3.63) is 122 Å². The van der Waals surface area contributed by atoms with Gasteiger partial charge in [0.2, 0.25) is 0 Å². The molecule has 1 aromatic heterocycles. The van der Waals surface area contributed by atoms with E-state index < -0.39 is 12.1 Å². The van der Waals surface area contributed by atoms with Crippen LogP contribution in [0.15, 0.2) is 117 Å². The summed E-state index contributed by atoms with van der Waals surface area (Å²) in [6, 6.07) is 34.9. The highest BCUT2D eigenvalue weighted by Gasteiger charge is 2.25. The molecule has 3 nitrogen and oxygen atoms in total. The van der Waals surface area contributed by atoms with Gasteiger partial charge in [-0.2, -0.15) is 0 Å². The van der Waals surface area contributed by atoms with Crippen LogP contribution in [-0.4, -0.2) is 17.2 Å². The molecule has 0 fully saturated rings. The standard InChI is InChI=1S/C35H21Br3O3S/c36-26-16-21(30-23-12-3-4-13-24(23)32(38)34-31(30)25-14-5-6-15-29(25)42-34)17-27(37)33(26)41-28(35(39)40)18-20-10-7-9-19-8-1-2-11-22(19)20/h1-17,28H,18H2,(H,39,40). The van der Waals surface area contributed by atoms with Gasteiger partial charge in [0, 0.05) is 26.4 Å². The maximum absolute atomic E-state index is 12.4. The van der Waals surface area contributed by atoms with E-state index in [0.717, 1.165) is 42.7 Å². The van der Waals surface area contributed by atoms with E-state index in [-0.39, 0.29) is 6.42 Å². The number of carboxylic acid groups (broad SMARTS) is 1. The van der Waals surface area contributed by atoms with Gasteiger partial charge in [-0.05, 0) is 104 Å². The number of carboxylic acids is 1.